The van der Waals surface area contributed by atoms with Gasteiger partial charge in [0.25, 0.3) is 10.1 Å². The largest absolute Gasteiger partial charge is 0.288 e. The van der Waals surface area contributed by atoms with Crippen LogP contribution in [0.3, 0.4) is 0 Å². The fourth-order valence-electron chi connectivity index (χ4n) is 2.14. The molecule has 0 saturated carbocycles. The van der Waals surface area contributed by atoms with Crippen LogP contribution in [0.25, 0.3) is 0 Å². The summed E-state index contributed by atoms with van der Waals surface area (Å²) in [5.74, 6) is -2.96. The molecule has 0 aromatic heterocycles. The molecule has 0 bridgehead atoms. The molecule has 0 spiro atoms. The van der Waals surface area contributed by atoms with Crippen molar-refractivity contribution in [3.8, 4) is 0 Å². The van der Waals surface area contributed by atoms with E-state index < -0.39 is 33.1 Å². The third-order valence-electron chi connectivity index (χ3n) is 3.27. The van der Waals surface area contributed by atoms with Crippen molar-refractivity contribution < 1.29 is 26.5 Å². The highest BCUT2D eigenvalue weighted by molar-refractivity contribution is 7.85. The Labute approximate surface area is 132 Å². The Balaban J connectivity index is 2.12. The van der Waals surface area contributed by atoms with Crippen molar-refractivity contribution in [2.75, 3.05) is 5.75 Å². The molecule has 2 aromatic rings. The van der Waals surface area contributed by atoms with Crippen molar-refractivity contribution in [2.24, 2.45) is 0 Å². The number of carbonyl (C=O) groups is 1. The minimum Gasteiger partial charge on any atom is -0.288 e. The van der Waals surface area contributed by atoms with Crippen LogP contribution in [-0.2, 0) is 16.5 Å². The molecule has 23 heavy (non-hydrogen) atoms. The van der Waals surface area contributed by atoms with E-state index in [1.807, 2.05) is 0 Å². The highest BCUT2D eigenvalue weighted by Gasteiger charge is 2.18. The number of benzene rings is 2. The number of halogens is 2. The Hall–Kier alpha value is -2.12. The maximum atomic E-state index is 13.6. The number of hydrogen-bond donors (Lipinski definition) is 1. The summed E-state index contributed by atoms with van der Waals surface area (Å²) in [7, 11) is -4.00. The van der Waals surface area contributed by atoms with E-state index in [9.17, 15) is 22.0 Å². The summed E-state index contributed by atoms with van der Waals surface area (Å²) in [5.41, 5.74) is 0.276. The van der Waals surface area contributed by atoms with Gasteiger partial charge in [-0.25, -0.2) is 8.78 Å². The lowest BCUT2D eigenvalue weighted by atomic mass is 10.00. The lowest BCUT2D eigenvalue weighted by Gasteiger charge is -2.06. The van der Waals surface area contributed by atoms with Gasteiger partial charge in [0.15, 0.2) is 5.78 Å². The first-order valence-electron chi connectivity index (χ1n) is 6.81. The zero-order chi connectivity index (χ0) is 17.0. The van der Waals surface area contributed by atoms with E-state index in [4.69, 9.17) is 4.55 Å². The van der Waals surface area contributed by atoms with Gasteiger partial charge < -0.3 is 0 Å². The smallest absolute Gasteiger partial charge is 0.264 e. The highest BCUT2D eigenvalue weighted by Crippen LogP contribution is 2.18. The fraction of sp³-hybridized carbons (Fsp3) is 0.188. The van der Waals surface area contributed by atoms with Crippen LogP contribution < -0.4 is 0 Å². The third kappa shape index (κ3) is 4.67. The van der Waals surface area contributed by atoms with E-state index in [0.717, 1.165) is 17.7 Å². The summed E-state index contributed by atoms with van der Waals surface area (Å²) in [5, 5.41) is 0. The van der Waals surface area contributed by atoms with Crippen molar-refractivity contribution in [3.63, 3.8) is 0 Å². The lowest BCUT2D eigenvalue weighted by molar-refractivity contribution is 0.103. The standard InChI is InChI=1S/C16H14F2O4S/c17-13-4-1-5-14(18)15(13)16(19)12-8-6-11(7-9-12)3-2-10-23(20,21)22/h1,4-9H,2-3,10H2,(H,20,21,22). The molecule has 7 heteroatoms. The van der Waals surface area contributed by atoms with Gasteiger partial charge in [-0.05, 0) is 30.5 Å². The van der Waals surface area contributed by atoms with Crippen LogP contribution in [0, 0.1) is 11.6 Å². The Morgan fingerprint density at radius 1 is 1.00 bits per heavy atom. The zero-order valence-corrected chi connectivity index (χ0v) is 12.8. The van der Waals surface area contributed by atoms with Crippen molar-refractivity contribution in [3.05, 3.63) is 70.8 Å². The first-order valence-corrected chi connectivity index (χ1v) is 8.41. The molecule has 0 saturated heterocycles. The molecule has 4 nitrogen and oxygen atoms in total. The summed E-state index contributed by atoms with van der Waals surface area (Å²) in [4.78, 5) is 12.2. The van der Waals surface area contributed by atoms with Gasteiger partial charge in [-0.15, -0.1) is 0 Å². The predicted octanol–water partition coefficient (Wildman–Crippen LogP) is 3.02. The van der Waals surface area contributed by atoms with Crippen LogP contribution in [0.1, 0.15) is 27.9 Å². The molecular formula is C16H14F2O4S. The van der Waals surface area contributed by atoms with E-state index in [0.29, 0.717) is 6.42 Å². The van der Waals surface area contributed by atoms with E-state index in [1.54, 1.807) is 12.1 Å². The zero-order valence-electron chi connectivity index (χ0n) is 12.0. The number of aryl methyl sites for hydroxylation is 1. The quantitative estimate of drug-likeness (QED) is 0.648. The monoisotopic (exact) mass is 340 g/mol. The molecule has 0 fully saturated rings. The van der Waals surface area contributed by atoms with Gasteiger partial charge in [-0.2, -0.15) is 8.42 Å². The predicted molar refractivity (Wildman–Crippen MR) is 81.0 cm³/mol. The van der Waals surface area contributed by atoms with Crippen LogP contribution in [0.4, 0.5) is 8.78 Å². The molecule has 0 aliphatic heterocycles. The number of hydrogen-bond acceptors (Lipinski definition) is 3. The molecule has 0 aliphatic carbocycles. The van der Waals surface area contributed by atoms with E-state index in [1.165, 1.54) is 18.2 Å². The molecule has 2 aromatic carbocycles. The normalized spacial score (nSPS) is 11.4. The van der Waals surface area contributed by atoms with Crippen LogP contribution in [0.5, 0.6) is 0 Å². The van der Waals surface area contributed by atoms with Gasteiger partial charge in [-0.3, -0.25) is 9.35 Å². The molecule has 0 atom stereocenters. The minimum absolute atomic E-state index is 0.132. The van der Waals surface area contributed by atoms with E-state index >= 15 is 0 Å². The highest BCUT2D eigenvalue weighted by atomic mass is 32.2. The van der Waals surface area contributed by atoms with Gasteiger partial charge in [0, 0.05) is 5.56 Å². The maximum absolute atomic E-state index is 13.6. The van der Waals surface area contributed by atoms with Crippen LogP contribution in [0.2, 0.25) is 0 Å². The van der Waals surface area contributed by atoms with Gasteiger partial charge in [0.2, 0.25) is 0 Å². The Bertz CT molecular complexity index is 794. The van der Waals surface area contributed by atoms with Crippen molar-refractivity contribution in [2.45, 2.75) is 12.8 Å². The Morgan fingerprint density at radius 3 is 2.09 bits per heavy atom. The average molecular weight is 340 g/mol. The second-order valence-electron chi connectivity index (χ2n) is 5.01. The van der Waals surface area contributed by atoms with Gasteiger partial charge >= 0.3 is 0 Å². The summed E-state index contributed by atoms with van der Waals surface area (Å²) in [6, 6.07) is 9.22. The van der Waals surface area contributed by atoms with Crippen molar-refractivity contribution in [1.82, 2.24) is 0 Å². The topological polar surface area (TPSA) is 71.4 Å². The van der Waals surface area contributed by atoms with E-state index in [-0.39, 0.29) is 17.7 Å². The number of ketones is 1. The minimum atomic E-state index is -4.00. The van der Waals surface area contributed by atoms with Crippen LogP contribution >= 0.6 is 0 Å². The van der Waals surface area contributed by atoms with Crippen LogP contribution in [-0.4, -0.2) is 24.5 Å². The van der Waals surface area contributed by atoms with E-state index in [2.05, 4.69) is 0 Å². The first kappa shape index (κ1) is 17.2. The SMILES string of the molecule is O=C(c1ccc(CCCS(=O)(=O)O)cc1)c1c(F)cccc1F. The summed E-state index contributed by atoms with van der Waals surface area (Å²) < 4.78 is 57.1. The molecule has 0 radical (unpaired) electrons. The fourth-order valence-corrected chi connectivity index (χ4v) is 2.65. The molecule has 2 rings (SSSR count). The first-order chi connectivity index (χ1) is 10.8. The van der Waals surface area contributed by atoms with Gasteiger partial charge in [0.05, 0.1) is 11.3 Å². The van der Waals surface area contributed by atoms with Crippen molar-refractivity contribution in [1.29, 1.82) is 0 Å². The Kier molecular flexibility index (Phi) is 5.23. The third-order valence-corrected chi connectivity index (χ3v) is 4.08. The molecule has 122 valence electrons. The molecule has 0 unspecified atom stereocenters. The molecular weight excluding hydrogens is 326 g/mol. The second kappa shape index (κ2) is 6.97. The summed E-state index contributed by atoms with van der Waals surface area (Å²) in [6.45, 7) is 0. The molecule has 0 heterocycles. The average Bonchev–Trinajstić information content (AvgIpc) is 2.46. The number of rotatable bonds is 6. The molecule has 1 N–H and O–H groups in total. The van der Waals surface area contributed by atoms with Crippen molar-refractivity contribution >= 4 is 15.9 Å². The lowest BCUT2D eigenvalue weighted by Crippen LogP contribution is -2.08. The Morgan fingerprint density at radius 2 is 1.57 bits per heavy atom. The second-order valence-corrected chi connectivity index (χ2v) is 6.58. The molecule has 0 amide bonds. The summed E-state index contributed by atoms with van der Waals surface area (Å²) in [6.07, 6.45) is 0.621. The van der Waals surface area contributed by atoms with Gasteiger partial charge in [-0.1, -0.05) is 30.3 Å². The number of carbonyl (C=O) groups excluding carboxylic acids is 1. The maximum Gasteiger partial charge on any atom is 0.264 e. The molecule has 0 aliphatic rings. The van der Waals surface area contributed by atoms with Crippen LogP contribution in [0.15, 0.2) is 42.5 Å². The summed E-state index contributed by atoms with van der Waals surface area (Å²) >= 11 is 0. The van der Waals surface area contributed by atoms with Gasteiger partial charge in [0.1, 0.15) is 11.6 Å².